The van der Waals surface area contributed by atoms with Crippen molar-refractivity contribution in [2.45, 2.75) is 26.2 Å². The SMILES string of the molecule is CCc1noc2ncc(C(=O)NCCC3CCNC3)cc12. The van der Waals surface area contributed by atoms with Crippen LogP contribution in [0.25, 0.3) is 11.1 Å². The highest BCUT2D eigenvalue weighted by molar-refractivity contribution is 5.96. The third-order valence-corrected chi connectivity index (χ3v) is 4.00. The maximum atomic E-state index is 12.2. The average Bonchev–Trinajstić information content (AvgIpc) is 3.15. The molecule has 0 bridgehead atoms. The second-order valence-corrected chi connectivity index (χ2v) is 5.46. The molecule has 3 rings (SSSR count). The Bertz CT molecular complexity index is 632. The summed E-state index contributed by atoms with van der Waals surface area (Å²) in [5.41, 5.74) is 1.88. The molecule has 1 saturated heterocycles. The summed E-state index contributed by atoms with van der Waals surface area (Å²) >= 11 is 0. The predicted octanol–water partition coefficient (Wildman–Crippen LogP) is 1.51. The third kappa shape index (κ3) is 3.05. The second kappa shape index (κ2) is 6.22. The van der Waals surface area contributed by atoms with Gasteiger partial charge in [-0.25, -0.2) is 4.98 Å². The van der Waals surface area contributed by atoms with E-state index in [0.717, 1.165) is 37.0 Å². The first-order valence-electron chi connectivity index (χ1n) is 7.51. The van der Waals surface area contributed by atoms with Crippen LogP contribution in [0.1, 0.15) is 35.8 Å². The Morgan fingerprint density at radius 2 is 2.48 bits per heavy atom. The van der Waals surface area contributed by atoms with Gasteiger partial charge in [-0.3, -0.25) is 4.79 Å². The normalized spacial score (nSPS) is 18.2. The Balaban J connectivity index is 1.63. The lowest BCUT2D eigenvalue weighted by molar-refractivity contribution is 0.0951. The minimum atomic E-state index is -0.0846. The van der Waals surface area contributed by atoms with Gasteiger partial charge in [-0.15, -0.1) is 0 Å². The van der Waals surface area contributed by atoms with Gasteiger partial charge in [0, 0.05) is 12.7 Å². The van der Waals surface area contributed by atoms with Gasteiger partial charge in [-0.2, -0.15) is 0 Å². The quantitative estimate of drug-likeness (QED) is 0.872. The summed E-state index contributed by atoms with van der Waals surface area (Å²) in [6, 6.07) is 1.81. The smallest absolute Gasteiger partial charge is 0.257 e. The Labute approximate surface area is 123 Å². The van der Waals surface area contributed by atoms with Gasteiger partial charge in [0.1, 0.15) is 0 Å². The molecular formula is C15H20N4O2. The van der Waals surface area contributed by atoms with Crippen LogP contribution >= 0.6 is 0 Å². The summed E-state index contributed by atoms with van der Waals surface area (Å²) in [5.74, 6) is 0.592. The van der Waals surface area contributed by atoms with E-state index in [1.54, 1.807) is 6.20 Å². The van der Waals surface area contributed by atoms with E-state index in [-0.39, 0.29) is 5.91 Å². The van der Waals surface area contributed by atoms with Gasteiger partial charge < -0.3 is 15.2 Å². The highest BCUT2D eigenvalue weighted by Gasteiger charge is 2.15. The van der Waals surface area contributed by atoms with Crippen LogP contribution in [-0.4, -0.2) is 35.7 Å². The lowest BCUT2D eigenvalue weighted by atomic mass is 10.1. The number of hydrogen-bond donors (Lipinski definition) is 2. The number of fused-ring (bicyclic) bond motifs is 1. The van der Waals surface area contributed by atoms with Crippen LogP contribution in [0.4, 0.5) is 0 Å². The van der Waals surface area contributed by atoms with Crippen molar-refractivity contribution in [3.63, 3.8) is 0 Å². The van der Waals surface area contributed by atoms with Crippen molar-refractivity contribution in [2.75, 3.05) is 19.6 Å². The molecule has 0 aromatic carbocycles. The van der Waals surface area contributed by atoms with E-state index in [0.29, 0.717) is 23.7 Å². The van der Waals surface area contributed by atoms with Crippen LogP contribution in [0, 0.1) is 5.92 Å². The highest BCUT2D eigenvalue weighted by Crippen LogP contribution is 2.18. The zero-order valence-corrected chi connectivity index (χ0v) is 12.2. The summed E-state index contributed by atoms with van der Waals surface area (Å²) in [4.78, 5) is 16.3. The lowest BCUT2D eigenvalue weighted by Gasteiger charge is -2.09. The largest absolute Gasteiger partial charge is 0.352 e. The predicted molar refractivity (Wildman–Crippen MR) is 79.1 cm³/mol. The maximum Gasteiger partial charge on any atom is 0.257 e. The Kier molecular flexibility index (Phi) is 4.15. The molecule has 2 N–H and O–H groups in total. The fraction of sp³-hybridized carbons (Fsp3) is 0.533. The molecule has 1 aliphatic heterocycles. The third-order valence-electron chi connectivity index (χ3n) is 4.00. The Morgan fingerprint density at radius 1 is 1.57 bits per heavy atom. The number of rotatable bonds is 5. The first kappa shape index (κ1) is 14.0. The van der Waals surface area contributed by atoms with Crippen LogP contribution in [0.2, 0.25) is 0 Å². The van der Waals surface area contributed by atoms with Gasteiger partial charge >= 0.3 is 0 Å². The molecule has 2 aromatic heterocycles. The summed E-state index contributed by atoms with van der Waals surface area (Å²) in [6.07, 6.45) is 4.51. The van der Waals surface area contributed by atoms with Gasteiger partial charge in [0.15, 0.2) is 0 Å². The number of carbonyl (C=O) groups excluding carboxylic acids is 1. The molecule has 6 heteroatoms. The second-order valence-electron chi connectivity index (χ2n) is 5.46. The monoisotopic (exact) mass is 288 g/mol. The zero-order chi connectivity index (χ0) is 14.7. The molecule has 112 valence electrons. The highest BCUT2D eigenvalue weighted by atomic mass is 16.5. The number of nitrogens with zero attached hydrogens (tertiary/aromatic N) is 2. The number of carbonyl (C=O) groups is 1. The molecule has 0 aliphatic carbocycles. The number of amides is 1. The van der Waals surface area contributed by atoms with E-state index in [9.17, 15) is 4.79 Å². The van der Waals surface area contributed by atoms with Crippen LogP contribution in [-0.2, 0) is 6.42 Å². The van der Waals surface area contributed by atoms with E-state index in [1.165, 1.54) is 6.42 Å². The Morgan fingerprint density at radius 3 is 3.24 bits per heavy atom. The van der Waals surface area contributed by atoms with E-state index >= 15 is 0 Å². The minimum absolute atomic E-state index is 0.0846. The number of aromatic nitrogens is 2. The van der Waals surface area contributed by atoms with Gasteiger partial charge in [0.25, 0.3) is 11.6 Å². The first-order valence-corrected chi connectivity index (χ1v) is 7.51. The number of hydrogen-bond acceptors (Lipinski definition) is 5. The maximum absolute atomic E-state index is 12.2. The summed E-state index contributed by atoms with van der Waals surface area (Å²) in [7, 11) is 0. The molecular weight excluding hydrogens is 268 g/mol. The summed E-state index contributed by atoms with van der Waals surface area (Å²) in [6.45, 7) is 4.85. The fourth-order valence-electron chi connectivity index (χ4n) is 2.71. The molecule has 1 aliphatic rings. The zero-order valence-electron chi connectivity index (χ0n) is 12.2. The molecule has 0 radical (unpaired) electrons. The number of pyridine rings is 1. The molecule has 1 atom stereocenters. The van der Waals surface area contributed by atoms with Crippen LogP contribution in [0.15, 0.2) is 16.8 Å². The van der Waals surface area contributed by atoms with Crippen LogP contribution < -0.4 is 10.6 Å². The van der Waals surface area contributed by atoms with Crippen molar-refractivity contribution in [3.8, 4) is 0 Å². The van der Waals surface area contributed by atoms with E-state index < -0.39 is 0 Å². The topological polar surface area (TPSA) is 80.0 Å². The molecule has 6 nitrogen and oxygen atoms in total. The van der Waals surface area contributed by atoms with Crippen molar-refractivity contribution < 1.29 is 9.32 Å². The van der Waals surface area contributed by atoms with Gasteiger partial charge in [-0.1, -0.05) is 12.1 Å². The van der Waals surface area contributed by atoms with Crippen LogP contribution in [0.3, 0.4) is 0 Å². The van der Waals surface area contributed by atoms with Crippen molar-refractivity contribution in [3.05, 3.63) is 23.5 Å². The average molecular weight is 288 g/mol. The molecule has 3 heterocycles. The van der Waals surface area contributed by atoms with Gasteiger partial charge in [0.2, 0.25) is 0 Å². The lowest BCUT2D eigenvalue weighted by Crippen LogP contribution is -2.26. The standard InChI is InChI=1S/C15H20N4O2/c1-2-13-12-7-11(9-18-15(12)21-19-13)14(20)17-6-4-10-3-5-16-8-10/h7,9-10,16H,2-6,8H2,1H3,(H,17,20). The number of aryl methyl sites for hydroxylation is 1. The molecule has 2 aromatic rings. The van der Waals surface area contributed by atoms with Gasteiger partial charge in [0.05, 0.1) is 16.6 Å². The van der Waals surface area contributed by atoms with Gasteiger partial charge in [-0.05, 0) is 44.3 Å². The number of nitrogens with one attached hydrogen (secondary N) is 2. The molecule has 21 heavy (non-hydrogen) atoms. The van der Waals surface area contributed by atoms with E-state index in [2.05, 4.69) is 20.8 Å². The van der Waals surface area contributed by atoms with Crippen molar-refractivity contribution in [1.82, 2.24) is 20.8 Å². The summed E-state index contributed by atoms with van der Waals surface area (Å²) < 4.78 is 5.12. The van der Waals surface area contributed by atoms with Crippen LogP contribution in [0.5, 0.6) is 0 Å². The first-order chi connectivity index (χ1) is 10.3. The fourth-order valence-corrected chi connectivity index (χ4v) is 2.71. The minimum Gasteiger partial charge on any atom is -0.352 e. The molecule has 1 unspecified atom stereocenters. The van der Waals surface area contributed by atoms with Crippen molar-refractivity contribution in [2.24, 2.45) is 5.92 Å². The van der Waals surface area contributed by atoms with Crippen molar-refractivity contribution >= 4 is 17.0 Å². The molecule has 1 fully saturated rings. The summed E-state index contributed by atoms with van der Waals surface area (Å²) in [5, 5.41) is 11.1. The molecule has 0 saturated carbocycles. The van der Waals surface area contributed by atoms with E-state index in [1.807, 2.05) is 13.0 Å². The Hall–Kier alpha value is -1.95. The molecule has 0 spiro atoms. The van der Waals surface area contributed by atoms with Crippen molar-refractivity contribution in [1.29, 1.82) is 0 Å². The van der Waals surface area contributed by atoms with E-state index in [4.69, 9.17) is 4.52 Å². The molecule has 1 amide bonds.